The smallest absolute Gasteiger partial charge is 0.0110 e. The molecule has 2 bridgehead atoms. The van der Waals surface area contributed by atoms with Gasteiger partial charge in [-0.1, -0.05) is 0 Å². The Kier molecular flexibility index (Phi) is 4.85. The molecule has 0 spiro atoms. The lowest BCUT2D eigenvalue weighted by Crippen LogP contribution is -2.45. The molecule has 2 heterocycles. The fraction of sp³-hybridized carbons (Fsp3) is 1.00. The summed E-state index contributed by atoms with van der Waals surface area (Å²) < 4.78 is 0. The van der Waals surface area contributed by atoms with Gasteiger partial charge in [-0.2, -0.15) is 0 Å². The van der Waals surface area contributed by atoms with E-state index >= 15 is 0 Å². The summed E-state index contributed by atoms with van der Waals surface area (Å²) in [4.78, 5) is 2.52. The Bertz CT molecular complexity index is 129. The van der Waals surface area contributed by atoms with E-state index in [1.165, 1.54) is 25.7 Å². The van der Waals surface area contributed by atoms with Gasteiger partial charge in [-0.3, -0.25) is 0 Å². The standard InChI is InChI=1S/C8H16N2.2ClH/c1-10-7-2-3-8(10)5-6(9)4-7;;/h6-8H,2-5,9H2,1H3;2*1H/t7-,8-;;/m0../s1. The van der Waals surface area contributed by atoms with Gasteiger partial charge in [0, 0.05) is 18.1 Å². The lowest BCUT2D eigenvalue weighted by atomic mass is 9.99. The van der Waals surface area contributed by atoms with Crippen LogP contribution < -0.4 is 5.73 Å². The van der Waals surface area contributed by atoms with Crippen molar-refractivity contribution in [1.29, 1.82) is 0 Å². The summed E-state index contributed by atoms with van der Waals surface area (Å²) in [6.07, 6.45) is 5.23. The van der Waals surface area contributed by atoms with Crippen LogP contribution in [0.25, 0.3) is 0 Å². The maximum absolute atomic E-state index is 5.89. The van der Waals surface area contributed by atoms with Gasteiger partial charge < -0.3 is 10.6 Å². The number of halogens is 2. The van der Waals surface area contributed by atoms with Gasteiger partial charge in [0.1, 0.15) is 0 Å². The fourth-order valence-corrected chi connectivity index (χ4v) is 2.45. The van der Waals surface area contributed by atoms with Crippen LogP contribution in [0.5, 0.6) is 0 Å². The van der Waals surface area contributed by atoms with Crippen molar-refractivity contribution in [3.8, 4) is 0 Å². The van der Waals surface area contributed by atoms with Gasteiger partial charge >= 0.3 is 0 Å². The Morgan fingerprint density at radius 3 is 1.92 bits per heavy atom. The fourth-order valence-electron chi connectivity index (χ4n) is 2.45. The largest absolute Gasteiger partial charge is 0.328 e. The van der Waals surface area contributed by atoms with E-state index < -0.39 is 0 Å². The molecule has 2 aliphatic rings. The second kappa shape index (κ2) is 4.66. The van der Waals surface area contributed by atoms with E-state index in [4.69, 9.17) is 5.73 Å². The van der Waals surface area contributed by atoms with Gasteiger partial charge in [0.25, 0.3) is 0 Å². The van der Waals surface area contributed by atoms with Crippen LogP contribution in [0, 0.1) is 0 Å². The highest BCUT2D eigenvalue weighted by Crippen LogP contribution is 2.33. The van der Waals surface area contributed by atoms with E-state index in [1.54, 1.807) is 0 Å². The number of rotatable bonds is 0. The van der Waals surface area contributed by atoms with Crippen LogP contribution in [-0.2, 0) is 0 Å². The first-order valence-electron chi connectivity index (χ1n) is 4.25. The molecule has 2 saturated heterocycles. The third-order valence-electron chi connectivity index (χ3n) is 3.13. The maximum Gasteiger partial charge on any atom is 0.0110 e. The molecule has 2 aliphatic heterocycles. The van der Waals surface area contributed by atoms with Crippen molar-refractivity contribution in [2.24, 2.45) is 5.73 Å². The van der Waals surface area contributed by atoms with E-state index in [0.29, 0.717) is 6.04 Å². The number of fused-ring (bicyclic) bond motifs is 2. The van der Waals surface area contributed by atoms with Crippen molar-refractivity contribution in [1.82, 2.24) is 4.90 Å². The van der Waals surface area contributed by atoms with Crippen molar-refractivity contribution in [2.75, 3.05) is 7.05 Å². The van der Waals surface area contributed by atoms with Gasteiger partial charge in [0.15, 0.2) is 0 Å². The first-order chi connectivity index (χ1) is 4.77. The highest BCUT2D eigenvalue weighted by molar-refractivity contribution is 5.85. The normalized spacial score (nSPS) is 40.0. The Morgan fingerprint density at radius 1 is 1.08 bits per heavy atom. The zero-order valence-corrected chi connectivity index (χ0v) is 9.03. The van der Waals surface area contributed by atoms with E-state index in [2.05, 4.69) is 11.9 Å². The molecular formula is C8H18Cl2N2. The van der Waals surface area contributed by atoms with Crippen molar-refractivity contribution >= 4 is 24.8 Å². The second-order valence-electron chi connectivity index (χ2n) is 3.78. The van der Waals surface area contributed by atoms with Crippen molar-refractivity contribution in [3.63, 3.8) is 0 Å². The summed E-state index contributed by atoms with van der Waals surface area (Å²) in [5.74, 6) is 0. The lowest BCUT2D eigenvalue weighted by molar-refractivity contribution is 0.163. The first-order valence-corrected chi connectivity index (χ1v) is 4.25. The summed E-state index contributed by atoms with van der Waals surface area (Å²) >= 11 is 0. The zero-order valence-electron chi connectivity index (χ0n) is 7.40. The van der Waals surface area contributed by atoms with Crippen LogP contribution in [0.3, 0.4) is 0 Å². The van der Waals surface area contributed by atoms with Crippen LogP contribution in [0.2, 0.25) is 0 Å². The molecule has 74 valence electrons. The van der Waals surface area contributed by atoms with Crippen LogP contribution in [-0.4, -0.2) is 30.1 Å². The number of hydrogen-bond acceptors (Lipinski definition) is 2. The zero-order chi connectivity index (χ0) is 7.14. The number of nitrogens with zero attached hydrogens (tertiary/aromatic N) is 1. The summed E-state index contributed by atoms with van der Waals surface area (Å²) in [5.41, 5.74) is 5.89. The minimum Gasteiger partial charge on any atom is -0.328 e. The third kappa shape index (κ3) is 2.05. The van der Waals surface area contributed by atoms with Crippen molar-refractivity contribution < 1.29 is 0 Å². The first kappa shape index (κ1) is 12.5. The van der Waals surface area contributed by atoms with Crippen LogP contribution in [0.4, 0.5) is 0 Å². The van der Waals surface area contributed by atoms with E-state index in [1.807, 2.05) is 0 Å². The Hall–Kier alpha value is 0.500. The predicted octanol–water partition coefficient (Wildman–Crippen LogP) is 1.41. The third-order valence-corrected chi connectivity index (χ3v) is 3.13. The van der Waals surface area contributed by atoms with Crippen LogP contribution in [0.15, 0.2) is 0 Å². The number of nitrogens with two attached hydrogens (primary N) is 1. The van der Waals surface area contributed by atoms with E-state index in [-0.39, 0.29) is 24.8 Å². The number of hydrogen-bond donors (Lipinski definition) is 1. The molecule has 2 N–H and O–H groups in total. The van der Waals surface area contributed by atoms with Crippen LogP contribution in [0.1, 0.15) is 25.7 Å². The summed E-state index contributed by atoms with van der Waals surface area (Å²) in [6.45, 7) is 0. The van der Waals surface area contributed by atoms with Crippen LogP contribution >= 0.6 is 24.8 Å². The molecule has 2 fully saturated rings. The molecule has 2 nitrogen and oxygen atoms in total. The maximum atomic E-state index is 5.89. The Morgan fingerprint density at radius 2 is 1.50 bits per heavy atom. The topological polar surface area (TPSA) is 29.3 Å². The second-order valence-corrected chi connectivity index (χ2v) is 3.78. The summed E-state index contributed by atoms with van der Waals surface area (Å²) in [7, 11) is 2.24. The molecule has 2 atom stereocenters. The molecule has 0 amide bonds. The lowest BCUT2D eigenvalue weighted by Gasteiger charge is -2.34. The minimum atomic E-state index is 0. The molecule has 0 saturated carbocycles. The molecule has 0 aromatic carbocycles. The van der Waals surface area contributed by atoms with Gasteiger partial charge in [-0.15, -0.1) is 24.8 Å². The van der Waals surface area contributed by atoms with E-state index in [9.17, 15) is 0 Å². The average Bonchev–Trinajstić information content (AvgIpc) is 2.20. The monoisotopic (exact) mass is 212 g/mol. The molecule has 0 unspecified atom stereocenters. The molecular weight excluding hydrogens is 195 g/mol. The summed E-state index contributed by atoms with van der Waals surface area (Å²) in [5, 5.41) is 0. The SMILES string of the molecule is CN1[C@H]2CC[C@H]1CC(N)C2.Cl.Cl. The van der Waals surface area contributed by atoms with E-state index in [0.717, 1.165) is 12.1 Å². The molecule has 0 aliphatic carbocycles. The van der Waals surface area contributed by atoms with Crippen molar-refractivity contribution in [3.05, 3.63) is 0 Å². The van der Waals surface area contributed by atoms with Gasteiger partial charge in [-0.25, -0.2) is 0 Å². The van der Waals surface area contributed by atoms with Crippen molar-refractivity contribution in [2.45, 2.75) is 43.8 Å². The number of piperidine rings is 1. The molecule has 0 aromatic rings. The molecule has 0 radical (unpaired) electrons. The quantitative estimate of drug-likeness (QED) is 0.659. The van der Waals surface area contributed by atoms with Gasteiger partial charge in [-0.05, 0) is 32.7 Å². The molecule has 0 aromatic heterocycles. The highest BCUT2D eigenvalue weighted by Gasteiger charge is 2.36. The Labute approximate surface area is 86.7 Å². The van der Waals surface area contributed by atoms with Gasteiger partial charge in [0.05, 0.1) is 0 Å². The highest BCUT2D eigenvalue weighted by atomic mass is 35.5. The van der Waals surface area contributed by atoms with Gasteiger partial charge in [0.2, 0.25) is 0 Å². The molecule has 4 heteroatoms. The molecule has 12 heavy (non-hydrogen) atoms. The predicted molar refractivity (Wildman–Crippen MR) is 56.3 cm³/mol. The molecule has 2 rings (SSSR count). The minimum absolute atomic E-state index is 0. The Balaban J connectivity index is 0.000000605. The summed E-state index contributed by atoms with van der Waals surface area (Å²) in [6, 6.07) is 2.12. The average molecular weight is 213 g/mol.